The summed E-state index contributed by atoms with van der Waals surface area (Å²) in [5.74, 6) is -0.0971. The number of rotatable bonds is 3. The Kier molecular flexibility index (Phi) is 3.71. The third kappa shape index (κ3) is 2.39. The maximum Gasteiger partial charge on any atom is 0.331 e. The highest BCUT2D eigenvalue weighted by atomic mass is 32.1. The molecule has 0 amide bonds. The number of carboxylic acid groups (broad SMARTS) is 1. The molecule has 0 saturated heterocycles. The lowest BCUT2D eigenvalue weighted by Crippen LogP contribution is -2.39. The molecule has 2 N–H and O–H groups in total. The predicted octanol–water partition coefficient (Wildman–Crippen LogP) is 2.15. The lowest BCUT2D eigenvalue weighted by atomic mass is 9.90. The number of amidine groups is 1. The van der Waals surface area contributed by atoms with Crippen molar-refractivity contribution in [1.29, 1.82) is 0 Å². The van der Waals surface area contributed by atoms with Crippen molar-refractivity contribution >= 4 is 29.0 Å². The molecule has 0 spiro atoms. The molecule has 4 nitrogen and oxygen atoms in total. The van der Waals surface area contributed by atoms with Crippen molar-refractivity contribution in [2.75, 3.05) is 0 Å². The quantitative estimate of drug-likeness (QED) is 0.598. The molecule has 5 heteroatoms. The second-order valence-corrected chi connectivity index (χ2v) is 5.18. The molecule has 1 rings (SSSR count). The van der Waals surface area contributed by atoms with Crippen molar-refractivity contribution in [3.63, 3.8) is 0 Å². The van der Waals surface area contributed by atoms with E-state index in [4.69, 9.17) is 17.3 Å². The summed E-state index contributed by atoms with van der Waals surface area (Å²) in [5, 5.41) is 12.0. The highest BCUT2D eigenvalue weighted by Crippen LogP contribution is 2.28. The maximum absolute atomic E-state index is 10.9. The summed E-state index contributed by atoms with van der Waals surface area (Å²) in [6.45, 7) is 9.36. The van der Waals surface area contributed by atoms with Crippen LogP contribution in [-0.2, 0) is 4.79 Å². The number of carboxylic acids is 1. The van der Waals surface area contributed by atoms with Crippen LogP contribution in [0, 0.1) is 5.92 Å². The summed E-state index contributed by atoms with van der Waals surface area (Å²) in [6.07, 6.45) is 0. The lowest BCUT2D eigenvalue weighted by Gasteiger charge is -2.24. The van der Waals surface area contributed by atoms with E-state index in [-0.39, 0.29) is 11.5 Å². The molecule has 1 aliphatic rings. The van der Waals surface area contributed by atoms with E-state index in [0.29, 0.717) is 16.4 Å². The molecule has 0 aromatic rings. The molecule has 94 valence electrons. The third-order valence-electron chi connectivity index (χ3n) is 3.40. The van der Waals surface area contributed by atoms with Gasteiger partial charge in [-0.25, -0.2) is 4.79 Å². The van der Waals surface area contributed by atoms with Crippen LogP contribution in [0.15, 0.2) is 16.1 Å². The first-order valence-electron chi connectivity index (χ1n) is 5.52. The molecule has 0 saturated carbocycles. The normalized spacial score (nSPS) is 25.5. The number of carbonyl (C=O) groups is 1. The van der Waals surface area contributed by atoms with Gasteiger partial charge in [-0.3, -0.25) is 4.99 Å². The Balaban J connectivity index is 3.17. The summed E-state index contributed by atoms with van der Waals surface area (Å²) in [4.78, 5) is 16.1. The van der Waals surface area contributed by atoms with Gasteiger partial charge in [0.2, 0.25) is 0 Å². The molecular formula is C12H18N2O2S. The van der Waals surface area contributed by atoms with Crippen molar-refractivity contribution in [2.45, 2.75) is 40.2 Å². The smallest absolute Gasteiger partial charge is 0.331 e. The van der Waals surface area contributed by atoms with Gasteiger partial charge in [0.25, 0.3) is 0 Å². The molecule has 0 aliphatic carbocycles. The van der Waals surface area contributed by atoms with E-state index >= 15 is 0 Å². The minimum atomic E-state index is -0.934. The van der Waals surface area contributed by atoms with Gasteiger partial charge >= 0.3 is 5.97 Å². The van der Waals surface area contributed by atoms with Crippen molar-refractivity contribution in [1.82, 2.24) is 5.32 Å². The van der Waals surface area contributed by atoms with Crippen LogP contribution in [0.1, 0.15) is 34.6 Å². The summed E-state index contributed by atoms with van der Waals surface area (Å²) in [7, 11) is 0. The van der Waals surface area contributed by atoms with Gasteiger partial charge in [-0.15, -0.1) is 0 Å². The zero-order valence-corrected chi connectivity index (χ0v) is 11.6. The van der Waals surface area contributed by atoms with E-state index in [9.17, 15) is 4.79 Å². The summed E-state index contributed by atoms with van der Waals surface area (Å²) >= 11 is 5.28. The lowest BCUT2D eigenvalue weighted by molar-refractivity contribution is -0.132. The maximum atomic E-state index is 10.9. The Morgan fingerprint density at radius 1 is 1.47 bits per heavy atom. The molecule has 0 radical (unpaired) electrons. The van der Waals surface area contributed by atoms with E-state index in [2.05, 4.69) is 10.3 Å². The zero-order chi connectivity index (χ0) is 13.4. The average Bonchev–Trinajstić information content (AvgIpc) is 2.54. The molecule has 1 aliphatic heterocycles. The number of nitrogens with one attached hydrogen (secondary N) is 1. The minimum absolute atomic E-state index is 0.262. The Morgan fingerprint density at radius 3 is 2.35 bits per heavy atom. The summed E-state index contributed by atoms with van der Waals surface area (Å²) in [6, 6.07) is 0. The molecule has 1 heterocycles. The van der Waals surface area contributed by atoms with E-state index < -0.39 is 11.5 Å². The second-order valence-electron chi connectivity index (χ2n) is 4.77. The van der Waals surface area contributed by atoms with E-state index in [1.165, 1.54) is 0 Å². The largest absolute Gasteiger partial charge is 0.478 e. The molecule has 0 aromatic heterocycles. The van der Waals surface area contributed by atoms with Crippen LogP contribution < -0.4 is 5.32 Å². The van der Waals surface area contributed by atoms with Crippen LogP contribution in [0.3, 0.4) is 0 Å². The van der Waals surface area contributed by atoms with Gasteiger partial charge in [0.05, 0.1) is 0 Å². The van der Waals surface area contributed by atoms with Crippen LogP contribution in [0.2, 0.25) is 0 Å². The molecule has 0 bridgehead atoms. The van der Waals surface area contributed by atoms with Crippen LogP contribution in [-0.4, -0.2) is 27.4 Å². The van der Waals surface area contributed by atoms with Crippen molar-refractivity contribution in [3.8, 4) is 0 Å². The first kappa shape index (κ1) is 13.8. The minimum Gasteiger partial charge on any atom is -0.478 e. The van der Waals surface area contributed by atoms with E-state index in [1.807, 2.05) is 20.8 Å². The molecule has 0 aromatic carbocycles. The highest BCUT2D eigenvalue weighted by Gasteiger charge is 2.39. The van der Waals surface area contributed by atoms with Crippen molar-refractivity contribution < 1.29 is 9.90 Å². The molecule has 1 unspecified atom stereocenters. The van der Waals surface area contributed by atoms with Gasteiger partial charge in [-0.05, 0) is 26.7 Å². The van der Waals surface area contributed by atoms with E-state index in [0.717, 1.165) is 0 Å². The number of hydrogen-bond acceptors (Lipinski definition) is 3. The number of hydrogen-bond donors (Lipinski definition) is 2. The molecule has 17 heavy (non-hydrogen) atoms. The number of aliphatic carboxylic acids is 1. The van der Waals surface area contributed by atoms with Crippen molar-refractivity contribution in [3.05, 3.63) is 11.1 Å². The van der Waals surface area contributed by atoms with Crippen LogP contribution in [0.5, 0.6) is 0 Å². The average molecular weight is 254 g/mol. The predicted molar refractivity (Wildman–Crippen MR) is 72.4 cm³/mol. The van der Waals surface area contributed by atoms with E-state index in [1.54, 1.807) is 13.8 Å². The van der Waals surface area contributed by atoms with Gasteiger partial charge < -0.3 is 10.4 Å². The van der Waals surface area contributed by atoms with Crippen LogP contribution >= 0.6 is 12.2 Å². The van der Waals surface area contributed by atoms with Gasteiger partial charge in [-0.2, -0.15) is 0 Å². The number of thiocarbonyl (C=S) groups is 1. The van der Waals surface area contributed by atoms with Crippen LogP contribution in [0.25, 0.3) is 0 Å². The summed E-state index contributed by atoms with van der Waals surface area (Å²) < 4.78 is 0. The number of aliphatic imine (C=N–C) groups is 1. The highest BCUT2D eigenvalue weighted by molar-refractivity contribution is 7.80. The first-order valence-corrected chi connectivity index (χ1v) is 5.93. The van der Waals surface area contributed by atoms with Gasteiger partial charge in [0, 0.05) is 11.1 Å². The van der Waals surface area contributed by atoms with Crippen LogP contribution in [0.4, 0.5) is 0 Å². The first-order chi connectivity index (χ1) is 7.70. The van der Waals surface area contributed by atoms with Crippen molar-refractivity contribution in [2.24, 2.45) is 10.9 Å². The Hall–Kier alpha value is -1.23. The Morgan fingerprint density at radius 2 is 2.00 bits per heavy atom. The fourth-order valence-electron chi connectivity index (χ4n) is 1.45. The fourth-order valence-corrected chi connectivity index (χ4v) is 1.83. The third-order valence-corrected chi connectivity index (χ3v) is 3.91. The SMILES string of the molecule is CC(C(=O)O)=C(C)C1=NC(C)(C(C)C)C(=S)N1. The topological polar surface area (TPSA) is 61.7 Å². The fraction of sp³-hybridized carbons (Fsp3) is 0.583. The van der Waals surface area contributed by atoms with Gasteiger partial charge in [-0.1, -0.05) is 26.1 Å². The number of nitrogens with zero attached hydrogens (tertiary/aromatic N) is 1. The monoisotopic (exact) mass is 254 g/mol. The second kappa shape index (κ2) is 4.56. The molecule has 1 atom stereocenters. The zero-order valence-electron chi connectivity index (χ0n) is 10.8. The van der Waals surface area contributed by atoms with Gasteiger partial charge in [0.15, 0.2) is 0 Å². The molecular weight excluding hydrogens is 236 g/mol. The molecule has 0 fully saturated rings. The standard InChI is InChI=1S/C12H18N2O2S/c1-6(2)12(5)11(17)13-9(14-12)7(3)8(4)10(15)16/h6H,1-5H3,(H,15,16)(H,13,14,17). The van der Waals surface area contributed by atoms with Gasteiger partial charge in [0.1, 0.15) is 16.4 Å². The Bertz CT molecular complexity index is 438. The summed E-state index contributed by atoms with van der Waals surface area (Å²) in [5.41, 5.74) is 0.473. The Labute approximate surface area is 107 Å².